The molecule has 196 valence electrons. The molecule has 0 radical (unpaired) electrons. The lowest BCUT2D eigenvalue weighted by Gasteiger charge is -2.12. The molecule has 2 aromatic heterocycles. The number of carbonyl (C=O) groups is 2. The Morgan fingerprint density at radius 2 is 1.84 bits per heavy atom. The Labute approximate surface area is 221 Å². The number of hydrogen-bond acceptors (Lipinski definition) is 4. The fraction of sp³-hybridized carbons (Fsp3) is 0.259. The maximum atomic E-state index is 13.2. The van der Waals surface area contributed by atoms with Crippen LogP contribution in [0.25, 0.3) is 16.6 Å². The maximum absolute atomic E-state index is 13.2. The van der Waals surface area contributed by atoms with Crippen molar-refractivity contribution in [3.63, 3.8) is 0 Å². The van der Waals surface area contributed by atoms with Gasteiger partial charge in [0.2, 0.25) is 5.91 Å². The molecule has 0 saturated heterocycles. The van der Waals surface area contributed by atoms with Gasteiger partial charge in [-0.2, -0.15) is 18.3 Å². The van der Waals surface area contributed by atoms with Gasteiger partial charge >= 0.3 is 6.18 Å². The summed E-state index contributed by atoms with van der Waals surface area (Å²) in [5.74, 6) is -0.379. The second-order valence-corrected chi connectivity index (χ2v) is 9.57. The highest BCUT2D eigenvalue weighted by atomic mass is 35.5. The molecule has 2 heterocycles. The number of halogens is 4. The molecule has 2 N–H and O–H groups in total. The normalized spacial score (nSPS) is 14.1. The van der Waals surface area contributed by atoms with Gasteiger partial charge in [-0.15, -0.1) is 0 Å². The van der Waals surface area contributed by atoms with E-state index in [1.165, 1.54) is 16.9 Å². The van der Waals surface area contributed by atoms with Crippen molar-refractivity contribution in [3.8, 4) is 5.69 Å². The number of amides is 2. The average molecular weight is 542 g/mol. The van der Waals surface area contributed by atoms with E-state index in [0.717, 1.165) is 43.5 Å². The third kappa shape index (κ3) is 5.35. The standard InChI is InChI=1S/C27H23ClF3N5O2/c28-21-10-8-16(13-33-25(37)17-4-1-2-5-17)12-19(21)26(38)35-22-6-3-7-23-20(22)15-34-36(23)18-9-11-24(32-14-18)27(29,30)31/h3,6-12,14-15,17H,1-2,4-5,13H2,(H,33,37)(H,35,38). The van der Waals surface area contributed by atoms with Gasteiger partial charge in [-0.3, -0.25) is 9.59 Å². The molecule has 7 nitrogen and oxygen atoms in total. The number of hydrogen-bond donors (Lipinski definition) is 2. The third-order valence-corrected chi connectivity index (χ3v) is 6.94. The number of fused-ring (bicyclic) bond motifs is 1. The minimum absolute atomic E-state index is 0.0235. The number of carbonyl (C=O) groups excluding carboxylic acids is 2. The summed E-state index contributed by atoms with van der Waals surface area (Å²) in [6, 6.07) is 12.3. The summed E-state index contributed by atoms with van der Waals surface area (Å²) in [6.07, 6.45) is 2.00. The van der Waals surface area contributed by atoms with E-state index in [9.17, 15) is 22.8 Å². The average Bonchev–Trinajstić information content (AvgIpc) is 3.59. The molecule has 0 unspecified atom stereocenters. The molecule has 1 saturated carbocycles. The summed E-state index contributed by atoms with van der Waals surface area (Å²) in [5, 5.41) is 10.9. The number of anilines is 1. The van der Waals surface area contributed by atoms with Crippen LogP contribution < -0.4 is 10.6 Å². The highest BCUT2D eigenvalue weighted by Crippen LogP contribution is 2.30. The van der Waals surface area contributed by atoms with Gasteiger partial charge in [0.25, 0.3) is 5.91 Å². The van der Waals surface area contributed by atoms with Crippen LogP contribution in [0.4, 0.5) is 18.9 Å². The van der Waals surface area contributed by atoms with Crippen molar-refractivity contribution in [2.24, 2.45) is 5.92 Å². The lowest BCUT2D eigenvalue weighted by molar-refractivity contribution is -0.141. The Kier molecular flexibility index (Phi) is 7.07. The molecule has 0 spiro atoms. The molecule has 2 amide bonds. The predicted octanol–water partition coefficient (Wildman–Crippen LogP) is 6.15. The van der Waals surface area contributed by atoms with Crippen LogP contribution in [-0.2, 0) is 17.5 Å². The topological polar surface area (TPSA) is 88.9 Å². The molecule has 11 heteroatoms. The number of pyridine rings is 1. The van der Waals surface area contributed by atoms with E-state index < -0.39 is 17.8 Å². The van der Waals surface area contributed by atoms with Crippen molar-refractivity contribution in [2.75, 3.05) is 5.32 Å². The van der Waals surface area contributed by atoms with Gasteiger partial charge in [-0.25, -0.2) is 9.67 Å². The molecule has 0 aliphatic heterocycles. The Hall–Kier alpha value is -3.92. The molecule has 5 rings (SSSR count). The third-order valence-electron chi connectivity index (χ3n) is 6.61. The number of alkyl halides is 3. The largest absolute Gasteiger partial charge is 0.433 e. The van der Waals surface area contributed by atoms with E-state index in [-0.39, 0.29) is 29.0 Å². The first-order valence-electron chi connectivity index (χ1n) is 12.1. The van der Waals surface area contributed by atoms with Crippen molar-refractivity contribution in [2.45, 2.75) is 38.4 Å². The van der Waals surface area contributed by atoms with Gasteiger partial charge in [0.05, 0.1) is 39.9 Å². The molecule has 0 atom stereocenters. The van der Waals surface area contributed by atoms with E-state index in [1.54, 1.807) is 36.4 Å². The van der Waals surface area contributed by atoms with Crippen LogP contribution in [0, 0.1) is 5.92 Å². The first kappa shape index (κ1) is 25.7. The van der Waals surface area contributed by atoms with Crippen molar-refractivity contribution in [1.29, 1.82) is 0 Å². The molecule has 38 heavy (non-hydrogen) atoms. The summed E-state index contributed by atoms with van der Waals surface area (Å²) in [6.45, 7) is 0.288. The van der Waals surface area contributed by atoms with Gasteiger partial charge in [0.1, 0.15) is 5.69 Å². The summed E-state index contributed by atoms with van der Waals surface area (Å²) < 4.78 is 40.1. The molecule has 1 aliphatic carbocycles. The molecule has 1 aliphatic rings. The SMILES string of the molecule is O=C(Nc1cccc2c1cnn2-c1ccc(C(F)(F)F)nc1)c1cc(CNC(=O)C2CCCC2)ccc1Cl. The molecule has 0 bridgehead atoms. The summed E-state index contributed by atoms with van der Waals surface area (Å²) in [4.78, 5) is 29.0. The van der Waals surface area contributed by atoms with E-state index in [1.807, 2.05) is 0 Å². The highest BCUT2D eigenvalue weighted by Gasteiger charge is 2.32. The second kappa shape index (κ2) is 10.4. The van der Waals surface area contributed by atoms with Gasteiger partial charge < -0.3 is 10.6 Å². The van der Waals surface area contributed by atoms with Gasteiger partial charge in [-0.05, 0) is 54.8 Å². The molecule has 1 fully saturated rings. The van der Waals surface area contributed by atoms with Crippen LogP contribution in [-0.4, -0.2) is 26.6 Å². The van der Waals surface area contributed by atoms with E-state index >= 15 is 0 Å². The molecule has 2 aromatic carbocycles. The first-order valence-corrected chi connectivity index (χ1v) is 12.5. The minimum Gasteiger partial charge on any atom is -0.352 e. The minimum atomic E-state index is -4.54. The lowest BCUT2D eigenvalue weighted by atomic mass is 10.1. The number of nitrogens with one attached hydrogen (secondary N) is 2. The molecular formula is C27H23ClF3N5O2. The Morgan fingerprint density at radius 3 is 2.55 bits per heavy atom. The van der Waals surface area contributed by atoms with Crippen molar-refractivity contribution in [3.05, 3.63) is 82.8 Å². The van der Waals surface area contributed by atoms with Gasteiger partial charge in [0, 0.05) is 17.8 Å². The summed E-state index contributed by atoms with van der Waals surface area (Å²) in [7, 11) is 0. The van der Waals surface area contributed by atoms with Crippen molar-refractivity contribution in [1.82, 2.24) is 20.1 Å². The zero-order chi connectivity index (χ0) is 26.9. The predicted molar refractivity (Wildman–Crippen MR) is 137 cm³/mol. The number of nitrogens with zero attached hydrogens (tertiary/aromatic N) is 3. The highest BCUT2D eigenvalue weighted by molar-refractivity contribution is 6.34. The second-order valence-electron chi connectivity index (χ2n) is 9.16. The lowest BCUT2D eigenvalue weighted by Crippen LogP contribution is -2.28. The summed E-state index contributed by atoms with van der Waals surface area (Å²) in [5.41, 5.74) is 1.35. The van der Waals surface area contributed by atoms with E-state index in [0.29, 0.717) is 22.3 Å². The quantitative estimate of drug-likeness (QED) is 0.306. The van der Waals surface area contributed by atoms with Gasteiger partial charge in [-0.1, -0.05) is 36.6 Å². The van der Waals surface area contributed by atoms with Crippen LogP contribution in [0.2, 0.25) is 5.02 Å². The Morgan fingerprint density at radius 1 is 1.05 bits per heavy atom. The van der Waals surface area contributed by atoms with Crippen molar-refractivity contribution < 1.29 is 22.8 Å². The van der Waals surface area contributed by atoms with Crippen molar-refractivity contribution >= 4 is 40.0 Å². The van der Waals surface area contributed by atoms with Gasteiger partial charge in [0.15, 0.2) is 0 Å². The van der Waals surface area contributed by atoms with E-state index in [2.05, 4.69) is 20.7 Å². The Balaban J connectivity index is 1.34. The smallest absolute Gasteiger partial charge is 0.352 e. The number of benzene rings is 2. The monoisotopic (exact) mass is 541 g/mol. The van der Waals surface area contributed by atoms with Crippen LogP contribution in [0.3, 0.4) is 0 Å². The molecular weight excluding hydrogens is 519 g/mol. The van der Waals surface area contributed by atoms with E-state index in [4.69, 9.17) is 11.6 Å². The number of aromatic nitrogens is 3. The fourth-order valence-electron chi connectivity index (χ4n) is 4.61. The zero-order valence-electron chi connectivity index (χ0n) is 20.1. The maximum Gasteiger partial charge on any atom is 0.433 e. The van der Waals surface area contributed by atoms with Crippen LogP contribution in [0.15, 0.2) is 60.9 Å². The zero-order valence-corrected chi connectivity index (χ0v) is 20.8. The Bertz CT molecular complexity index is 1500. The van der Waals surface area contributed by atoms with Crippen LogP contribution >= 0.6 is 11.6 Å². The first-order chi connectivity index (χ1) is 18.2. The van der Waals surface area contributed by atoms with Crippen LogP contribution in [0.1, 0.15) is 47.3 Å². The number of rotatable bonds is 6. The fourth-order valence-corrected chi connectivity index (χ4v) is 4.82. The van der Waals surface area contributed by atoms with Crippen LogP contribution in [0.5, 0.6) is 0 Å². The molecule has 4 aromatic rings. The summed E-state index contributed by atoms with van der Waals surface area (Å²) >= 11 is 6.32.